The summed E-state index contributed by atoms with van der Waals surface area (Å²) in [7, 11) is 3.89. The zero-order valence-corrected chi connectivity index (χ0v) is 64.9. The highest BCUT2D eigenvalue weighted by atomic mass is 32.2. The minimum Gasteiger partial charge on any atom is -0.378 e. The minimum absolute atomic E-state index is 0.147. The molecule has 0 atom stereocenters. The molecule has 12 amide bonds. The lowest BCUT2D eigenvalue weighted by atomic mass is 10.2. The molecule has 4 aromatic heterocycles. The first-order valence-corrected chi connectivity index (χ1v) is 37.8. The number of carbonyl (C=O) groups excluding carboxylic acids is 18. The van der Waals surface area contributed by atoms with E-state index in [9.17, 15) is 86.3 Å². The minimum atomic E-state index is -0.439. The fourth-order valence-electron chi connectivity index (χ4n) is 9.12. The van der Waals surface area contributed by atoms with Crippen LogP contribution in [0, 0.1) is 0 Å². The number of thiophene rings is 1. The maximum atomic E-state index is 12.1. The fraction of sp³-hybridized carbons (Fsp3) is 0.205. The predicted octanol–water partition coefficient (Wildman–Crippen LogP) is 11.4. The third-order valence-electron chi connectivity index (χ3n) is 14.0. The molecule has 5 aromatic rings. The van der Waals surface area contributed by atoms with Crippen molar-refractivity contribution in [2.24, 2.45) is 4.99 Å². The highest BCUT2D eigenvalue weighted by molar-refractivity contribution is 8.20. The Morgan fingerprint density at radius 2 is 0.752 bits per heavy atom. The molecule has 0 bridgehead atoms. The van der Waals surface area contributed by atoms with Crippen molar-refractivity contribution in [1.29, 1.82) is 0 Å². The number of hydrogen-bond donors (Lipinski definition) is 0. The van der Waals surface area contributed by atoms with Gasteiger partial charge in [-0.2, -0.15) is 11.3 Å². The monoisotopic (exact) mass is 1610 g/mol. The lowest BCUT2D eigenvalue weighted by molar-refractivity contribution is -0.127. The van der Waals surface area contributed by atoms with Crippen molar-refractivity contribution >= 4 is 226 Å². The van der Waals surface area contributed by atoms with Gasteiger partial charge in [0.1, 0.15) is 34.7 Å². The zero-order valence-electron chi connectivity index (χ0n) is 59.2. The maximum absolute atomic E-state index is 12.1. The summed E-state index contributed by atoms with van der Waals surface area (Å²) in [5.41, 5.74) is 5.60. The quantitative estimate of drug-likeness (QED) is 0.0693. The van der Waals surface area contributed by atoms with Crippen LogP contribution in [0.4, 0.5) is 34.5 Å². The maximum Gasteiger partial charge on any atom is 0.293 e. The van der Waals surface area contributed by atoms with Crippen molar-refractivity contribution < 1.29 is 86.3 Å². The SMILES string of the molecule is CC(=O)CN1C(=O)S/C(=C\C2=CCC=N2)C1=O.CC(=O)CN1C(=O)S/C(=C\c2ccc(N(C)C)cc2)C1=O.CC(=O)CN1C(=O)S/C(=C\c2ccccn2)C1=O.CC(=O)CN1C(=O)S/C(=C\c2cccnc2)C1=O.CC(=O)CN1C(=O)S/C(=C\c2ccncc2)C1=O.CC(=O)CN1C(=O)S/C(=C\c2ccsc2)C1=O. The Balaban J connectivity index is 0.000000182. The molecule has 6 fully saturated rings. The van der Waals surface area contributed by atoms with Crippen LogP contribution in [-0.2, 0) is 57.5 Å². The molecule has 109 heavy (non-hydrogen) atoms. The first kappa shape index (κ1) is 85.2. The summed E-state index contributed by atoms with van der Waals surface area (Å²) >= 11 is 6.61. The van der Waals surface area contributed by atoms with E-state index in [0.29, 0.717) is 40.8 Å². The number of amides is 12. The van der Waals surface area contributed by atoms with Gasteiger partial charge in [0.05, 0.1) is 80.1 Å². The molecule has 6 saturated heterocycles. The van der Waals surface area contributed by atoms with Gasteiger partial charge in [0, 0.05) is 63.4 Å². The summed E-state index contributed by atoms with van der Waals surface area (Å²) in [6, 6.07) is 21.8. The standard InChI is InChI=1S/C15H16N2O3S.3C12H10N2O3S.C11H10N2O3S.C11H9NO3S2/c1-10(18)9-17-14(19)13(21-15(17)20)8-11-4-6-12(7-5-11)16(2)3;1-8(15)7-14-11(16)10(18-12(14)17)6-9-2-4-13-5-3-9;1-8(15)7-14-11(16)10(18-12(14)17)5-9-3-2-4-13-6-9;1-8(15)7-14-11(16)10(18-12(14)17)6-9-4-2-3-5-13-9;1-7(14)6-13-10(15)9(17-11(13)16)5-8-3-2-4-12-8;1-7(13)5-12-10(14)9(17-11(12)15)4-8-2-3-16-6-8/h4-8H,9H2,1-3H3;3*2-6H,7H2,1H3;3-5H,2,6H2,1H3;2-4,6H,5H2,1H3/b13-8-;10-6-;10-5-;10-6-;9-5-;9-4-. The van der Waals surface area contributed by atoms with E-state index in [0.717, 1.165) is 134 Å². The van der Waals surface area contributed by atoms with Crippen LogP contribution in [0.3, 0.4) is 0 Å². The number of imide groups is 6. The number of thioether (sulfide) groups is 6. The van der Waals surface area contributed by atoms with Crippen LogP contribution in [-0.4, -0.2) is 206 Å². The molecule has 0 saturated carbocycles. The second-order valence-electron chi connectivity index (χ2n) is 23.4. The van der Waals surface area contributed by atoms with Crippen molar-refractivity contribution in [3.8, 4) is 0 Å². The number of Topliss-reactive ketones (excluding diaryl/α,β-unsaturated/α-hetero) is 6. The number of allylic oxidation sites excluding steroid dienone is 2. The normalized spacial score (nSPS) is 18.1. The van der Waals surface area contributed by atoms with Crippen molar-refractivity contribution in [3.05, 3.63) is 190 Å². The van der Waals surface area contributed by atoms with E-state index >= 15 is 0 Å². The number of hydrogen-bond acceptors (Lipinski definition) is 30. The highest BCUT2D eigenvalue weighted by Crippen LogP contribution is 2.37. The summed E-state index contributed by atoms with van der Waals surface area (Å²) in [6.07, 6.45) is 22.0. The number of benzene rings is 1. The fourth-order valence-corrected chi connectivity index (χ4v) is 14.7. The number of aliphatic imine (C=N–C) groups is 1. The van der Waals surface area contributed by atoms with Crippen molar-refractivity contribution in [2.45, 2.75) is 48.0 Å². The second kappa shape index (κ2) is 40.8. The van der Waals surface area contributed by atoms with E-state index in [-0.39, 0.29) is 85.1 Å². The zero-order chi connectivity index (χ0) is 79.8. The molecule has 0 aliphatic carbocycles. The summed E-state index contributed by atoms with van der Waals surface area (Å²) in [5.74, 6) is -3.80. The topological polar surface area (TPSA) is 381 Å². The number of rotatable bonds is 19. The number of anilines is 1. The van der Waals surface area contributed by atoms with Crippen LogP contribution in [0.2, 0.25) is 0 Å². The van der Waals surface area contributed by atoms with Gasteiger partial charge >= 0.3 is 0 Å². The molecular formula is C73H65N11O18S7. The van der Waals surface area contributed by atoms with Gasteiger partial charge < -0.3 is 4.90 Å². The van der Waals surface area contributed by atoms with E-state index in [4.69, 9.17) is 0 Å². The van der Waals surface area contributed by atoms with Gasteiger partial charge in [-0.15, -0.1) is 0 Å². The molecule has 7 aliphatic heterocycles. The Labute approximate surface area is 652 Å². The molecule has 11 heterocycles. The molecule has 0 N–H and O–H groups in total. The lowest BCUT2D eigenvalue weighted by Crippen LogP contribution is -2.32. The number of aromatic nitrogens is 3. The first-order chi connectivity index (χ1) is 51.8. The van der Waals surface area contributed by atoms with Crippen LogP contribution in [0.15, 0.2) is 167 Å². The van der Waals surface area contributed by atoms with Gasteiger partial charge in [-0.3, -0.25) is 136 Å². The van der Waals surface area contributed by atoms with E-state index in [1.54, 1.807) is 116 Å². The van der Waals surface area contributed by atoms with Crippen molar-refractivity contribution in [3.63, 3.8) is 0 Å². The number of pyridine rings is 3. The Hall–Kier alpha value is -11.0. The average molecular weight is 1610 g/mol. The molecule has 12 rings (SSSR count). The van der Waals surface area contributed by atoms with Crippen LogP contribution in [0.5, 0.6) is 0 Å². The molecule has 0 unspecified atom stereocenters. The smallest absolute Gasteiger partial charge is 0.293 e. The summed E-state index contributed by atoms with van der Waals surface area (Å²) in [6.45, 7) is 7.08. The highest BCUT2D eigenvalue weighted by Gasteiger charge is 2.40. The third kappa shape index (κ3) is 25.6. The van der Waals surface area contributed by atoms with Crippen molar-refractivity contribution in [2.75, 3.05) is 58.3 Å². The molecule has 29 nitrogen and oxygen atoms in total. The van der Waals surface area contributed by atoms with Gasteiger partial charge in [0.2, 0.25) is 0 Å². The molecule has 0 radical (unpaired) electrons. The van der Waals surface area contributed by atoms with E-state index in [1.807, 2.05) is 66.2 Å². The van der Waals surface area contributed by atoms with Gasteiger partial charge in [0.25, 0.3) is 66.9 Å². The molecule has 7 aliphatic rings. The molecule has 36 heteroatoms. The van der Waals surface area contributed by atoms with Crippen LogP contribution < -0.4 is 4.90 Å². The van der Waals surface area contributed by atoms with E-state index < -0.39 is 55.7 Å². The number of nitrogens with zero attached hydrogens (tertiary/aromatic N) is 11. The number of carbonyl (C=O) groups is 18. The van der Waals surface area contributed by atoms with Gasteiger partial charge in [-0.05, 0) is 230 Å². The summed E-state index contributed by atoms with van der Waals surface area (Å²) in [4.78, 5) is 232. The Bertz CT molecular complexity index is 4530. The average Bonchev–Trinajstić information content (AvgIpc) is 1.73. The molecular weight excluding hydrogens is 1540 g/mol. The summed E-state index contributed by atoms with van der Waals surface area (Å²) < 4.78 is 0. The van der Waals surface area contributed by atoms with Gasteiger partial charge in [-0.1, -0.05) is 30.3 Å². The van der Waals surface area contributed by atoms with Crippen LogP contribution in [0.1, 0.15) is 75.9 Å². The molecule has 0 spiro atoms. The predicted molar refractivity (Wildman–Crippen MR) is 419 cm³/mol. The van der Waals surface area contributed by atoms with E-state index in [1.165, 1.54) is 52.9 Å². The molecule has 562 valence electrons. The largest absolute Gasteiger partial charge is 0.378 e. The first-order valence-electron chi connectivity index (χ1n) is 32.0. The molecule has 1 aromatic carbocycles. The lowest BCUT2D eigenvalue weighted by Gasteiger charge is -2.12. The Morgan fingerprint density at radius 3 is 1.07 bits per heavy atom. The Morgan fingerprint density at radius 1 is 0.385 bits per heavy atom. The van der Waals surface area contributed by atoms with Crippen LogP contribution >= 0.6 is 81.9 Å². The van der Waals surface area contributed by atoms with Gasteiger partial charge in [-0.25, -0.2) is 0 Å². The second-order valence-corrected chi connectivity index (χ2v) is 30.1. The number of ketones is 6. The summed E-state index contributed by atoms with van der Waals surface area (Å²) in [5, 5.41) is 1.36. The van der Waals surface area contributed by atoms with E-state index in [2.05, 4.69) is 19.9 Å². The third-order valence-corrected chi connectivity index (χ3v) is 20.1. The Kier molecular flexibility index (Phi) is 31.9. The van der Waals surface area contributed by atoms with Crippen LogP contribution in [0.25, 0.3) is 30.4 Å². The van der Waals surface area contributed by atoms with Gasteiger partial charge in [0.15, 0.2) is 0 Å². The van der Waals surface area contributed by atoms with Crippen molar-refractivity contribution in [1.82, 2.24) is 44.4 Å².